The van der Waals surface area contributed by atoms with Gasteiger partial charge in [-0.2, -0.15) is 0 Å². The van der Waals surface area contributed by atoms with Crippen LogP contribution in [0.1, 0.15) is 11.6 Å². The summed E-state index contributed by atoms with van der Waals surface area (Å²) in [5.41, 5.74) is 6.13. The smallest absolute Gasteiger partial charge is 0.0687 e. The summed E-state index contributed by atoms with van der Waals surface area (Å²) in [7, 11) is 0. The second-order valence-corrected chi connectivity index (χ2v) is 8.97. The summed E-state index contributed by atoms with van der Waals surface area (Å²) in [6.45, 7) is 0.845. The summed E-state index contributed by atoms with van der Waals surface area (Å²) in [4.78, 5) is 0. The first-order valence-corrected chi connectivity index (χ1v) is 11.4. The largest absolute Gasteiger partial charge is 0.380 e. The average Bonchev–Trinajstić information content (AvgIpc) is 2.84. The van der Waals surface area contributed by atoms with E-state index < -0.39 is 0 Å². The molecule has 5 aromatic rings. The second-order valence-electron chi connectivity index (χ2n) is 8.05. The van der Waals surface area contributed by atoms with E-state index in [-0.39, 0.29) is 6.04 Å². The maximum atomic E-state index is 3.87. The number of fused-ring (bicyclic) bond motifs is 6. The van der Waals surface area contributed by atoms with Crippen molar-refractivity contribution >= 4 is 48.8 Å². The minimum Gasteiger partial charge on any atom is -0.380 e. The number of nitrogens with one attached hydrogen (secondary N) is 2. The van der Waals surface area contributed by atoms with Gasteiger partial charge in [-0.25, -0.2) is 0 Å². The molecule has 0 bridgehead atoms. The number of benzene rings is 5. The van der Waals surface area contributed by atoms with Gasteiger partial charge in [0.05, 0.1) is 17.4 Å². The van der Waals surface area contributed by atoms with Gasteiger partial charge in [-0.05, 0) is 45.7 Å². The van der Waals surface area contributed by atoms with E-state index >= 15 is 0 Å². The topological polar surface area (TPSA) is 24.1 Å². The zero-order valence-electron chi connectivity index (χ0n) is 16.9. The number of hydrogen-bond donors (Lipinski definition) is 2. The predicted molar refractivity (Wildman–Crippen MR) is 136 cm³/mol. The molecule has 0 spiro atoms. The molecular formula is C28H21BrN2. The SMILES string of the molecule is Brc1cccc(-c2cccc(C3CNc4c(c5ccccc5c5ccccc45)N3)c2)c1. The highest BCUT2D eigenvalue weighted by molar-refractivity contribution is 9.10. The highest BCUT2D eigenvalue weighted by Crippen LogP contribution is 2.44. The summed E-state index contributed by atoms with van der Waals surface area (Å²) in [6.07, 6.45) is 0. The summed E-state index contributed by atoms with van der Waals surface area (Å²) in [6, 6.07) is 34.9. The molecule has 1 unspecified atom stereocenters. The molecule has 0 saturated heterocycles. The Morgan fingerprint density at radius 1 is 0.613 bits per heavy atom. The number of hydrogen-bond acceptors (Lipinski definition) is 2. The van der Waals surface area contributed by atoms with Gasteiger partial charge in [0.25, 0.3) is 0 Å². The van der Waals surface area contributed by atoms with Crippen molar-refractivity contribution in [1.82, 2.24) is 0 Å². The number of anilines is 2. The Morgan fingerprint density at radius 2 is 1.23 bits per heavy atom. The third-order valence-corrected chi connectivity index (χ3v) is 6.67. The lowest BCUT2D eigenvalue weighted by molar-refractivity contribution is 0.808. The normalized spacial score (nSPS) is 15.3. The zero-order chi connectivity index (χ0) is 20.8. The highest BCUT2D eigenvalue weighted by Gasteiger charge is 2.23. The van der Waals surface area contributed by atoms with Crippen molar-refractivity contribution in [2.45, 2.75) is 6.04 Å². The molecular weight excluding hydrogens is 444 g/mol. The lowest BCUT2D eigenvalue weighted by atomic mass is 9.94. The highest BCUT2D eigenvalue weighted by atomic mass is 79.9. The van der Waals surface area contributed by atoms with Gasteiger partial charge in [0.1, 0.15) is 0 Å². The molecule has 31 heavy (non-hydrogen) atoms. The summed E-state index contributed by atoms with van der Waals surface area (Å²) >= 11 is 3.59. The molecule has 0 fully saturated rings. The van der Waals surface area contributed by atoms with Gasteiger partial charge in [-0.1, -0.05) is 94.8 Å². The monoisotopic (exact) mass is 464 g/mol. The first-order chi connectivity index (χ1) is 15.3. The van der Waals surface area contributed by atoms with Crippen LogP contribution in [-0.2, 0) is 0 Å². The summed E-state index contributed by atoms with van der Waals surface area (Å²) < 4.78 is 1.10. The lowest BCUT2D eigenvalue weighted by Crippen LogP contribution is -2.26. The van der Waals surface area contributed by atoms with Crippen LogP contribution in [0.3, 0.4) is 0 Å². The molecule has 0 aliphatic carbocycles. The van der Waals surface area contributed by atoms with E-state index in [0.717, 1.165) is 11.0 Å². The van der Waals surface area contributed by atoms with E-state index in [9.17, 15) is 0 Å². The summed E-state index contributed by atoms with van der Waals surface area (Å²) in [5, 5.41) is 12.7. The van der Waals surface area contributed by atoms with Crippen molar-refractivity contribution in [2.75, 3.05) is 17.2 Å². The first-order valence-electron chi connectivity index (χ1n) is 10.6. The standard InChI is InChI=1S/C28H21BrN2/c29-21-10-6-8-19(16-21)18-7-5-9-20(15-18)26-17-30-27-24-13-3-1-11-22(24)23-12-2-4-14-25(23)28(27)31-26/h1-16,26,30-31H,17H2. The molecule has 5 aromatic carbocycles. The third-order valence-electron chi connectivity index (χ3n) is 6.18. The fraction of sp³-hybridized carbons (Fsp3) is 0.0714. The minimum absolute atomic E-state index is 0.198. The Kier molecular flexibility index (Phi) is 4.43. The van der Waals surface area contributed by atoms with Crippen LogP contribution < -0.4 is 10.6 Å². The van der Waals surface area contributed by atoms with Crippen molar-refractivity contribution in [2.24, 2.45) is 0 Å². The Hall–Kier alpha value is -3.30. The molecule has 1 aliphatic heterocycles. The third kappa shape index (κ3) is 3.17. The van der Waals surface area contributed by atoms with Crippen molar-refractivity contribution in [1.29, 1.82) is 0 Å². The van der Waals surface area contributed by atoms with Gasteiger partial charge >= 0.3 is 0 Å². The quantitative estimate of drug-likeness (QED) is 0.258. The van der Waals surface area contributed by atoms with Crippen LogP contribution in [-0.4, -0.2) is 6.54 Å². The van der Waals surface area contributed by atoms with Gasteiger partial charge in [0, 0.05) is 21.8 Å². The van der Waals surface area contributed by atoms with E-state index in [1.165, 1.54) is 49.6 Å². The van der Waals surface area contributed by atoms with Crippen molar-refractivity contribution in [3.63, 3.8) is 0 Å². The fourth-order valence-corrected chi connectivity index (χ4v) is 5.11. The predicted octanol–water partition coefficient (Wildman–Crippen LogP) is 8.00. The van der Waals surface area contributed by atoms with Crippen LogP contribution >= 0.6 is 15.9 Å². The Labute approximate surface area is 190 Å². The molecule has 6 rings (SSSR count). The van der Waals surface area contributed by atoms with Gasteiger partial charge in [0.2, 0.25) is 0 Å². The second kappa shape index (κ2) is 7.44. The van der Waals surface area contributed by atoms with E-state index in [0.29, 0.717) is 0 Å². The molecule has 0 amide bonds. The van der Waals surface area contributed by atoms with E-state index in [2.05, 4.69) is 124 Å². The van der Waals surface area contributed by atoms with Crippen LogP contribution in [0.5, 0.6) is 0 Å². The van der Waals surface area contributed by atoms with E-state index in [1.54, 1.807) is 0 Å². The van der Waals surface area contributed by atoms with Crippen LogP contribution in [0.15, 0.2) is 102 Å². The Bertz CT molecular complexity index is 1440. The van der Waals surface area contributed by atoms with Crippen LogP contribution in [0, 0.1) is 0 Å². The molecule has 0 aromatic heterocycles. The lowest BCUT2D eigenvalue weighted by Gasteiger charge is -2.31. The van der Waals surface area contributed by atoms with E-state index in [1.807, 2.05) is 0 Å². The van der Waals surface area contributed by atoms with Crippen LogP contribution in [0.4, 0.5) is 11.4 Å². The van der Waals surface area contributed by atoms with Gasteiger partial charge in [0.15, 0.2) is 0 Å². The van der Waals surface area contributed by atoms with Crippen molar-refractivity contribution < 1.29 is 0 Å². The van der Waals surface area contributed by atoms with Gasteiger partial charge < -0.3 is 10.6 Å². The fourth-order valence-electron chi connectivity index (χ4n) is 4.71. The van der Waals surface area contributed by atoms with Crippen molar-refractivity contribution in [3.8, 4) is 11.1 Å². The molecule has 1 aliphatic rings. The average molecular weight is 465 g/mol. The van der Waals surface area contributed by atoms with E-state index in [4.69, 9.17) is 0 Å². The molecule has 1 heterocycles. The van der Waals surface area contributed by atoms with Crippen LogP contribution in [0.2, 0.25) is 0 Å². The molecule has 3 heteroatoms. The van der Waals surface area contributed by atoms with Gasteiger partial charge in [-0.15, -0.1) is 0 Å². The molecule has 1 atom stereocenters. The molecule has 2 N–H and O–H groups in total. The number of halogens is 1. The maximum absolute atomic E-state index is 3.87. The Morgan fingerprint density at radius 3 is 1.94 bits per heavy atom. The molecule has 0 radical (unpaired) electrons. The zero-order valence-corrected chi connectivity index (χ0v) is 18.5. The summed E-state index contributed by atoms with van der Waals surface area (Å²) in [5.74, 6) is 0. The molecule has 150 valence electrons. The van der Waals surface area contributed by atoms with Gasteiger partial charge in [-0.3, -0.25) is 0 Å². The first kappa shape index (κ1) is 18.5. The number of rotatable bonds is 2. The van der Waals surface area contributed by atoms with Crippen LogP contribution in [0.25, 0.3) is 32.7 Å². The molecule has 2 nitrogen and oxygen atoms in total. The maximum Gasteiger partial charge on any atom is 0.0687 e. The Balaban J connectivity index is 1.45. The van der Waals surface area contributed by atoms with Crippen molar-refractivity contribution in [3.05, 3.63) is 107 Å². The molecule has 0 saturated carbocycles. The minimum atomic E-state index is 0.198.